The van der Waals surface area contributed by atoms with Crippen LogP contribution in [0.2, 0.25) is 0 Å². The number of nitrogens with one attached hydrogen (secondary N) is 1. The van der Waals surface area contributed by atoms with Gasteiger partial charge in [-0.05, 0) is 37.1 Å². The number of anilines is 1. The highest BCUT2D eigenvalue weighted by Gasteiger charge is 2.26. The van der Waals surface area contributed by atoms with Crippen molar-refractivity contribution < 1.29 is 0 Å². The van der Waals surface area contributed by atoms with Crippen molar-refractivity contribution in [2.24, 2.45) is 5.73 Å². The second-order valence-corrected chi connectivity index (χ2v) is 6.49. The van der Waals surface area contributed by atoms with E-state index in [2.05, 4.69) is 31.4 Å². The molecule has 7 nitrogen and oxygen atoms in total. The first-order valence-corrected chi connectivity index (χ1v) is 8.34. The van der Waals surface area contributed by atoms with E-state index < -0.39 is 0 Å². The minimum Gasteiger partial charge on any atom is -0.350 e. The van der Waals surface area contributed by atoms with E-state index in [0.29, 0.717) is 18.0 Å². The second-order valence-electron chi connectivity index (χ2n) is 6.49. The van der Waals surface area contributed by atoms with Crippen molar-refractivity contribution in [1.29, 1.82) is 0 Å². The molecule has 0 unspecified atom stereocenters. The van der Waals surface area contributed by atoms with Crippen LogP contribution in [0.4, 0.5) is 5.95 Å². The zero-order valence-corrected chi connectivity index (χ0v) is 13.5. The number of fused-ring (bicyclic) bond motifs is 2. The Morgan fingerprint density at radius 2 is 2.04 bits per heavy atom. The maximum atomic E-state index is 5.82. The zero-order valence-electron chi connectivity index (χ0n) is 13.5. The zero-order chi connectivity index (χ0) is 16.8. The summed E-state index contributed by atoms with van der Waals surface area (Å²) in [5.41, 5.74) is 9.59. The van der Waals surface area contributed by atoms with Crippen molar-refractivity contribution in [2.75, 3.05) is 5.32 Å². The summed E-state index contributed by atoms with van der Waals surface area (Å²) in [7, 11) is 0. The first-order chi connectivity index (χ1) is 12.3. The molecule has 0 spiro atoms. The van der Waals surface area contributed by atoms with Crippen molar-refractivity contribution >= 4 is 22.5 Å². The van der Waals surface area contributed by atoms with Crippen molar-refractivity contribution in [1.82, 2.24) is 24.6 Å². The largest absolute Gasteiger partial charge is 0.350 e. The highest BCUT2D eigenvalue weighted by atomic mass is 15.3. The van der Waals surface area contributed by atoms with E-state index in [1.54, 1.807) is 6.20 Å². The van der Waals surface area contributed by atoms with Crippen LogP contribution in [0.5, 0.6) is 0 Å². The predicted molar refractivity (Wildman–Crippen MR) is 96.1 cm³/mol. The van der Waals surface area contributed by atoms with Gasteiger partial charge in [-0.1, -0.05) is 0 Å². The van der Waals surface area contributed by atoms with Crippen LogP contribution in [-0.2, 0) is 0 Å². The van der Waals surface area contributed by atoms with Crippen LogP contribution >= 0.6 is 0 Å². The predicted octanol–water partition coefficient (Wildman–Crippen LogP) is 2.24. The van der Waals surface area contributed by atoms with Gasteiger partial charge in [0.2, 0.25) is 5.95 Å². The Kier molecular flexibility index (Phi) is 3.14. The topological polar surface area (TPSA) is 94.0 Å². The molecule has 1 aliphatic carbocycles. The van der Waals surface area contributed by atoms with Gasteiger partial charge in [0.15, 0.2) is 5.65 Å². The van der Waals surface area contributed by atoms with Crippen LogP contribution in [0.3, 0.4) is 0 Å². The molecule has 124 valence electrons. The summed E-state index contributed by atoms with van der Waals surface area (Å²) in [6.07, 6.45) is 9.31. The van der Waals surface area contributed by atoms with E-state index in [1.807, 2.05) is 41.3 Å². The van der Waals surface area contributed by atoms with Gasteiger partial charge in [-0.3, -0.25) is 0 Å². The molecule has 0 atom stereocenters. The van der Waals surface area contributed by atoms with Gasteiger partial charge < -0.3 is 11.1 Å². The average molecular weight is 331 g/mol. The summed E-state index contributed by atoms with van der Waals surface area (Å²) >= 11 is 0. The van der Waals surface area contributed by atoms with Gasteiger partial charge >= 0.3 is 0 Å². The Morgan fingerprint density at radius 1 is 1.12 bits per heavy atom. The van der Waals surface area contributed by atoms with Gasteiger partial charge in [0.25, 0.3) is 0 Å². The fourth-order valence-electron chi connectivity index (χ4n) is 3.29. The van der Waals surface area contributed by atoms with Gasteiger partial charge in [0.1, 0.15) is 0 Å². The lowest BCUT2D eigenvalue weighted by molar-refractivity contribution is 0.371. The average Bonchev–Trinajstić information content (AvgIpc) is 3.03. The first-order valence-electron chi connectivity index (χ1n) is 8.34. The molecule has 0 aromatic carbocycles. The molecule has 5 rings (SSSR count). The van der Waals surface area contributed by atoms with Crippen LogP contribution in [0, 0.1) is 0 Å². The van der Waals surface area contributed by atoms with Crippen molar-refractivity contribution in [3.63, 3.8) is 0 Å². The smallest absolute Gasteiger partial charge is 0.241 e. The molecule has 1 fully saturated rings. The van der Waals surface area contributed by atoms with Gasteiger partial charge in [-0.15, -0.1) is 5.10 Å². The molecule has 1 saturated carbocycles. The van der Waals surface area contributed by atoms with Crippen molar-refractivity contribution in [3.05, 3.63) is 49.1 Å². The standard InChI is InChI=1S/C18H17N7/c19-13-7-14(8-13)23-18-22-10-16-15(3-5-25(16)24-18)12-6-11-2-1-4-20-17(11)21-9-12/h1-6,9-10,13-14H,7-8,19H2,(H,23,24)/t13-,14-. The maximum Gasteiger partial charge on any atom is 0.241 e. The van der Waals surface area contributed by atoms with E-state index in [4.69, 9.17) is 5.73 Å². The summed E-state index contributed by atoms with van der Waals surface area (Å²) in [5.74, 6) is 0.632. The van der Waals surface area contributed by atoms with E-state index in [0.717, 1.165) is 40.5 Å². The number of aromatic nitrogens is 5. The quantitative estimate of drug-likeness (QED) is 0.598. The van der Waals surface area contributed by atoms with Crippen LogP contribution in [0.15, 0.2) is 49.1 Å². The lowest BCUT2D eigenvalue weighted by Crippen LogP contribution is -2.44. The normalized spacial score (nSPS) is 19.9. The van der Waals surface area contributed by atoms with Gasteiger partial charge in [0, 0.05) is 47.2 Å². The molecule has 0 radical (unpaired) electrons. The van der Waals surface area contributed by atoms with Crippen LogP contribution < -0.4 is 11.1 Å². The van der Waals surface area contributed by atoms with Crippen LogP contribution in [0.1, 0.15) is 12.8 Å². The van der Waals surface area contributed by atoms with E-state index in [-0.39, 0.29) is 0 Å². The fraction of sp³-hybridized carbons (Fsp3) is 0.222. The third kappa shape index (κ3) is 2.49. The minimum atomic E-state index is 0.300. The van der Waals surface area contributed by atoms with Crippen LogP contribution in [-0.4, -0.2) is 36.6 Å². The van der Waals surface area contributed by atoms with E-state index >= 15 is 0 Å². The Morgan fingerprint density at radius 3 is 2.92 bits per heavy atom. The molecule has 7 heteroatoms. The van der Waals surface area contributed by atoms with Crippen molar-refractivity contribution in [3.8, 4) is 11.1 Å². The van der Waals surface area contributed by atoms with Gasteiger partial charge in [-0.2, -0.15) is 0 Å². The number of pyridine rings is 2. The highest BCUT2D eigenvalue weighted by Crippen LogP contribution is 2.27. The minimum absolute atomic E-state index is 0.300. The maximum absolute atomic E-state index is 5.82. The third-order valence-electron chi connectivity index (χ3n) is 4.69. The lowest BCUT2D eigenvalue weighted by Gasteiger charge is -2.32. The second kappa shape index (κ2) is 5.49. The number of nitrogens with zero attached hydrogens (tertiary/aromatic N) is 5. The molecule has 4 heterocycles. The first kappa shape index (κ1) is 14.3. The monoisotopic (exact) mass is 331 g/mol. The SMILES string of the molecule is N[C@H]1C[C@H](Nc2ncc3c(-c4cnc5ncccc5c4)ccn3n2)C1. The summed E-state index contributed by atoms with van der Waals surface area (Å²) in [5, 5.41) is 8.90. The van der Waals surface area contributed by atoms with Gasteiger partial charge in [-0.25, -0.2) is 19.5 Å². The molecule has 25 heavy (non-hydrogen) atoms. The molecule has 1 aliphatic rings. The summed E-state index contributed by atoms with van der Waals surface area (Å²) in [6, 6.07) is 8.73. The Labute approximate surface area is 143 Å². The Hall–Kier alpha value is -3.06. The molecular formula is C18H17N7. The molecule has 4 aromatic heterocycles. The summed E-state index contributed by atoms with van der Waals surface area (Å²) < 4.78 is 1.84. The summed E-state index contributed by atoms with van der Waals surface area (Å²) in [6.45, 7) is 0. The Balaban J connectivity index is 1.50. The molecule has 0 saturated heterocycles. The number of hydrogen-bond acceptors (Lipinski definition) is 6. The molecule has 0 aliphatic heterocycles. The Bertz CT molecular complexity index is 1070. The summed E-state index contributed by atoms with van der Waals surface area (Å²) in [4.78, 5) is 13.2. The fourth-order valence-corrected chi connectivity index (χ4v) is 3.29. The van der Waals surface area contributed by atoms with E-state index in [9.17, 15) is 0 Å². The molecule has 4 aromatic rings. The molecule has 0 bridgehead atoms. The lowest BCUT2D eigenvalue weighted by atomic mass is 9.88. The van der Waals surface area contributed by atoms with Crippen molar-refractivity contribution in [2.45, 2.75) is 24.9 Å². The van der Waals surface area contributed by atoms with E-state index in [1.165, 1.54) is 0 Å². The van der Waals surface area contributed by atoms with Crippen LogP contribution in [0.25, 0.3) is 27.7 Å². The molecule has 0 amide bonds. The molecular weight excluding hydrogens is 314 g/mol. The molecule has 3 N–H and O–H groups in total. The third-order valence-corrected chi connectivity index (χ3v) is 4.69. The number of hydrogen-bond donors (Lipinski definition) is 2. The number of rotatable bonds is 3. The number of nitrogens with two attached hydrogens (primary N) is 1. The van der Waals surface area contributed by atoms with Gasteiger partial charge in [0.05, 0.1) is 11.7 Å². The highest BCUT2D eigenvalue weighted by molar-refractivity contribution is 5.86.